The maximum Gasteiger partial charge on any atom is 0.343 e. The monoisotopic (exact) mass is 262 g/mol. The van der Waals surface area contributed by atoms with E-state index >= 15 is 0 Å². The van der Waals surface area contributed by atoms with Gasteiger partial charge in [-0.2, -0.15) is 0 Å². The third-order valence-electron chi connectivity index (χ3n) is 2.36. The van der Waals surface area contributed by atoms with Crippen molar-refractivity contribution in [3.63, 3.8) is 0 Å². The number of rotatable bonds is 5. The number of carbonyl (C=O) groups is 1. The maximum absolute atomic E-state index is 11.8. The van der Waals surface area contributed by atoms with Gasteiger partial charge in [0.25, 0.3) is 0 Å². The maximum atomic E-state index is 11.8. The van der Waals surface area contributed by atoms with Gasteiger partial charge in [0, 0.05) is 5.02 Å². The van der Waals surface area contributed by atoms with Crippen LogP contribution in [0.25, 0.3) is 0 Å². The van der Waals surface area contributed by atoms with Crippen LogP contribution >= 0.6 is 11.6 Å². The van der Waals surface area contributed by atoms with Gasteiger partial charge in [-0.25, -0.2) is 4.79 Å². The Balaban J connectivity index is 2.97. The van der Waals surface area contributed by atoms with E-state index < -0.39 is 5.97 Å². The Morgan fingerprint density at radius 1 is 1.44 bits per heavy atom. The predicted molar refractivity (Wildman–Crippen MR) is 74.9 cm³/mol. The molecule has 18 heavy (non-hydrogen) atoms. The van der Waals surface area contributed by atoms with Gasteiger partial charge in [0.05, 0.1) is 5.57 Å². The van der Waals surface area contributed by atoms with Gasteiger partial charge in [0.2, 0.25) is 0 Å². The second kappa shape index (κ2) is 6.82. The molecular formula is C15H15ClO2. The van der Waals surface area contributed by atoms with Gasteiger partial charge in [-0.05, 0) is 36.3 Å². The number of benzene rings is 1. The van der Waals surface area contributed by atoms with Crippen LogP contribution in [0.15, 0.2) is 55.2 Å². The molecule has 0 aliphatic carbocycles. The molecule has 0 aliphatic heterocycles. The Hall–Kier alpha value is -1.80. The highest BCUT2D eigenvalue weighted by Crippen LogP contribution is 2.24. The molecule has 0 amide bonds. The minimum absolute atomic E-state index is 0.363. The van der Waals surface area contributed by atoms with Gasteiger partial charge in [-0.15, -0.1) is 0 Å². The van der Waals surface area contributed by atoms with Crippen molar-refractivity contribution in [2.24, 2.45) is 0 Å². The van der Waals surface area contributed by atoms with E-state index in [4.69, 9.17) is 16.3 Å². The van der Waals surface area contributed by atoms with Gasteiger partial charge < -0.3 is 4.74 Å². The molecule has 0 aliphatic rings. The molecule has 0 saturated heterocycles. The van der Waals surface area contributed by atoms with Crippen molar-refractivity contribution < 1.29 is 9.53 Å². The van der Waals surface area contributed by atoms with E-state index in [-0.39, 0.29) is 0 Å². The lowest BCUT2D eigenvalue weighted by atomic mass is 10.1. The van der Waals surface area contributed by atoms with Crippen molar-refractivity contribution in [3.8, 4) is 5.75 Å². The molecule has 0 atom stereocenters. The molecular weight excluding hydrogens is 248 g/mol. The summed E-state index contributed by atoms with van der Waals surface area (Å²) in [6, 6.07) is 5.16. The van der Waals surface area contributed by atoms with Crippen LogP contribution in [-0.4, -0.2) is 5.97 Å². The molecule has 1 aromatic carbocycles. The smallest absolute Gasteiger partial charge is 0.343 e. The summed E-state index contributed by atoms with van der Waals surface area (Å²) in [7, 11) is 0. The molecule has 0 fully saturated rings. The molecule has 0 N–H and O–H groups in total. The summed E-state index contributed by atoms with van der Waals surface area (Å²) in [5, 5.41) is 0.622. The fourth-order valence-corrected chi connectivity index (χ4v) is 1.62. The Morgan fingerprint density at radius 2 is 2.17 bits per heavy atom. The molecule has 0 radical (unpaired) electrons. The lowest BCUT2D eigenvalue weighted by molar-refractivity contribution is -0.129. The molecule has 1 aromatic rings. The number of halogens is 1. The molecule has 0 spiro atoms. The van der Waals surface area contributed by atoms with Gasteiger partial charge in [0.15, 0.2) is 0 Å². The van der Waals surface area contributed by atoms with Crippen LogP contribution in [0.3, 0.4) is 0 Å². The molecule has 2 nitrogen and oxygen atoms in total. The molecule has 0 unspecified atom stereocenters. The average Bonchev–Trinajstić information content (AvgIpc) is 2.37. The number of hydrogen-bond acceptors (Lipinski definition) is 2. The summed E-state index contributed by atoms with van der Waals surface area (Å²) < 4.78 is 5.31. The minimum Gasteiger partial charge on any atom is -0.423 e. The van der Waals surface area contributed by atoms with Crippen molar-refractivity contribution in [2.75, 3.05) is 0 Å². The normalized spacial score (nSPS) is 10.9. The molecule has 0 aromatic heterocycles. The van der Waals surface area contributed by atoms with Gasteiger partial charge >= 0.3 is 5.97 Å². The number of aryl methyl sites for hydroxylation is 1. The summed E-state index contributed by atoms with van der Waals surface area (Å²) in [6.45, 7) is 9.06. The van der Waals surface area contributed by atoms with Crippen LogP contribution < -0.4 is 4.74 Å². The molecule has 0 heterocycles. The number of esters is 1. The summed E-state index contributed by atoms with van der Waals surface area (Å²) in [5.41, 5.74) is 1.25. The van der Waals surface area contributed by atoms with Gasteiger partial charge in [0.1, 0.15) is 5.75 Å². The Labute approximate surface area is 112 Å². The summed E-state index contributed by atoms with van der Waals surface area (Å²) in [4.78, 5) is 11.8. The number of allylic oxidation sites excluding steroid dienone is 2. The molecule has 0 bridgehead atoms. The van der Waals surface area contributed by atoms with E-state index in [2.05, 4.69) is 13.2 Å². The Morgan fingerprint density at radius 3 is 2.72 bits per heavy atom. The van der Waals surface area contributed by atoms with Crippen LogP contribution in [-0.2, 0) is 11.2 Å². The topological polar surface area (TPSA) is 26.3 Å². The first-order valence-electron chi connectivity index (χ1n) is 5.58. The van der Waals surface area contributed by atoms with E-state index in [1.165, 1.54) is 12.2 Å². The van der Waals surface area contributed by atoms with Crippen molar-refractivity contribution >= 4 is 17.6 Å². The lowest BCUT2D eigenvalue weighted by Gasteiger charge is -2.09. The number of hydrogen-bond donors (Lipinski definition) is 0. The summed E-state index contributed by atoms with van der Waals surface area (Å²) in [5.74, 6) is 0.0608. The average molecular weight is 263 g/mol. The van der Waals surface area contributed by atoms with E-state index in [9.17, 15) is 4.79 Å². The van der Waals surface area contributed by atoms with Crippen molar-refractivity contribution in [1.82, 2.24) is 0 Å². The Kier molecular flexibility index (Phi) is 5.40. The Bertz CT molecular complexity index is 501. The van der Waals surface area contributed by atoms with Crippen LogP contribution in [0.5, 0.6) is 5.75 Å². The van der Waals surface area contributed by atoms with Crippen LogP contribution in [0.1, 0.15) is 12.5 Å². The molecule has 94 valence electrons. The van der Waals surface area contributed by atoms with Gasteiger partial charge in [-0.3, -0.25) is 0 Å². The van der Waals surface area contributed by atoms with Gasteiger partial charge in [-0.1, -0.05) is 43.8 Å². The van der Waals surface area contributed by atoms with Crippen LogP contribution in [0.4, 0.5) is 0 Å². The van der Waals surface area contributed by atoms with Crippen LogP contribution in [0.2, 0.25) is 5.02 Å². The molecule has 0 saturated carbocycles. The zero-order chi connectivity index (χ0) is 13.5. The van der Waals surface area contributed by atoms with Crippen molar-refractivity contribution in [1.29, 1.82) is 0 Å². The number of ether oxygens (including phenoxy) is 1. The largest absolute Gasteiger partial charge is 0.423 e. The van der Waals surface area contributed by atoms with E-state index in [0.29, 0.717) is 16.3 Å². The molecule has 1 rings (SSSR count). The SMILES string of the molecule is C=C/C=C(\C=C)C(=O)Oc1ccc(Cl)cc1CC. The van der Waals surface area contributed by atoms with E-state index in [0.717, 1.165) is 12.0 Å². The predicted octanol–water partition coefficient (Wildman–Crippen LogP) is 4.11. The third kappa shape index (κ3) is 3.60. The second-order valence-electron chi connectivity index (χ2n) is 3.56. The highest BCUT2D eigenvalue weighted by molar-refractivity contribution is 6.30. The van der Waals surface area contributed by atoms with Crippen molar-refractivity contribution in [3.05, 3.63) is 65.7 Å². The highest BCUT2D eigenvalue weighted by atomic mass is 35.5. The zero-order valence-corrected chi connectivity index (χ0v) is 11.0. The first-order chi connectivity index (χ1) is 8.62. The zero-order valence-electron chi connectivity index (χ0n) is 10.3. The summed E-state index contributed by atoms with van der Waals surface area (Å²) >= 11 is 5.89. The quantitative estimate of drug-likeness (QED) is 0.346. The lowest BCUT2D eigenvalue weighted by Crippen LogP contribution is -2.10. The van der Waals surface area contributed by atoms with Crippen molar-refractivity contribution in [2.45, 2.75) is 13.3 Å². The first kappa shape index (κ1) is 14.3. The van der Waals surface area contributed by atoms with E-state index in [1.54, 1.807) is 24.3 Å². The second-order valence-corrected chi connectivity index (χ2v) is 3.99. The third-order valence-corrected chi connectivity index (χ3v) is 2.59. The highest BCUT2D eigenvalue weighted by Gasteiger charge is 2.11. The standard InChI is InChI=1S/C15H15ClO2/c1-4-7-11(5-2)15(17)18-14-9-8-13(16)10-12(14)6-3/h4-5,7-10H,1-2,6H2,3H3/b11-7+. The fraction of sp³-hybridized carbons (Fsp3) is 0.133. The number of carbonyl (C=O) groups excluding carboxylic acids is 1. The fourth-order valence-electron chi connectivity index (χ4n) is 1.43. The minimum atomic E-state index is -0.457. The first-order valence-corrected chi connectivity index (χ1v) is 5.96. The van der Waals surface area contributed by atoms with Crippen LogP contribution in [0, 0.1) is 0 Å². The van der Waals surface area contributed by atoms with E-state index in [1.807, 2.05) is 6.92 Å². The molecule has 3 heteroatoms. The summed E-state index contributed by atoms with van der Waals surface area (Å²) in [6.07, 6.45) is 5.24.